The molecule has 27 heavy (non-hydrogen) atoms. The number of aromatic nitrogens is 1. The molecule has 0 aliphatic carbocycles. The molecule has 0 saturated carbocycles. The molecule has 6 nitrogen and oxygen atoms in total. The average Bonchev–Trinajstić information content (AvgIpc) is 3.07. The fourth-order valence-electron chi connectivity index (χ4n) is 4.34. The monoisotopic (exact) mass is 379 g/mol. The summed E-state index contributed by atoms with van der Waals surface area (Å²) < 4.78 is 46.8. The van der Waals surface area contributed by atoms with Crippen molar-refractivity contribution in [3.05, 3.63) is 46.3 Å². The highest BCUT2D eigenvalue weighted by atomic mass is 19.4. The number of hydrogen-bond acceptors (Lipinski definition) is 4. The molecule has 1 saturated heterocycles. The van der Waals surface area contributed by atoms with Gasteiger partial charge >= 0.3 is 6.18 Å². The second-order valence-electron chi connectivity index (χ2n) is 7.29. The van der Waals surface area contributed by atoms with E-state index in [2.05, 4.69) is 4.85 Å². The lowest BCUT2D eigenvalue weighted by atomic mass is 9.77. The van der Waals surface area contributed by atoms with Crippen molar-refractivity contribution >= 4 is 5.69 Å². The number of nitrogens with two attached hydrogens (primary N) is 1. The number of benzene rings is 1. The van der Waals surface area contributed by atoms with Crippen LogP contribution in [0.4, 0.5) is 18.9 Å². The molecule has 2 bridgehead atoms. The van der Waals surface area contributed by atoms with E-state index in [1.54, 1.807) is 13.8 Å². The minimum Gasteiger partial charge on any atom is -0.494 e. The number of nitrogens with zero attached hydrogens (tertiary/aromatic N) is 2. The molecule has 3 heterocycles. The Bertz CT molecular complexity index is 1020. The summed E-state index contributed by atoms with van der Waals surface area (Å²) in [6, 6.07) is 2.54. The highest BCUT2D eigenvalue weighted by molar-refractivity contribution is 5.64. The third-order valence-electron chi connectivity index (χ3n) is 5.56. The topological polar surface area (TPSA) is 85.0 Å². The molecule has 142 valence electrons. The van der Waals surface area contributed by atoms with Gasteiger partial charge in [-0.1, -0.05) is 6.07 Å². The predicted molar refractivity (Wildman–Crippen MR) is 88.7 cm³/mol. The molecule has 1 aromatic heterocycles. The van der Waals surface area contributed by atoms with Crippen LogP contribution in [0.1, 0.15) is 37.0 Å². The van der Waals surface area contributed by atoms with Crippen LogP contribution in [0.5, 0.6) is 11.8 Å². The number of alkyl halides is 3. The predicted octanol–water partition coefficient (Wildman–Crippen LogP) is 3.65. The molecule has 9 heteroatoms. The van der Waals surface area contributed by atoms with Crippen LogP contribution in [0.15, 0.2) is 18.2 Å². The minimum absolute atomic E-state index is 0.112. The van der Waals surface area contributed by atoms with Crippen molar-refractivity contribution in [3.8, 4) is 17.4 Å². The lowest BCUT2D eigenvalue weighted by molar-refractivity contribution is -0.136. The Hall–Kier alpha value is -2.70. The second-order valence-corrected chi connectivity index (χ2v) is 7.29. The normalized spacial score (nSPS) is 29.0. The summed E-state index contributed by atoms with van der Waals surface area (Å²) in [6.07, 6.45) is -4.35. The third kappa shape index (κ3) is 2.08. The zero-order valence-electron chi connectivity index (χ0n) is 14.4. The third-order valence-corrected chi connectivity index (χ3v) is 5.56. The quantitative estimate of drug-likeness (QED) is 0.661. The molecule has 2 aliphatic heterocycles. The van der Waals surface area contributed by atoms with Gasteiger partial charge in [0, 0.05) is 6.04 Å². The second kappa shape index (κ2) is 4.97. The zero-order valence-corrected chi connectivity index (χ0v) is 14.4. The summed E-state index contributed by atoms with van der Waals surface area (Å²) in [6.45, 7) is 10.3. The number of ether oxygens (including phenoxy) is 1. The molecule has 2 aromatic rings. The fourth-order valence-corrected chi connectivity index (χ4v) is 4.34. The van der Waals surface area contributed by atoms with Gasteiger partial charge in [-0.05, 0) is 32.4 Å². The fraction of sp³-hybridized carbons (Fsp3) is 0.389. The molecule has 0 radical (unpaired) electrons. The molecule has 4 rings (SSSR count). The Morgan fingerprint density at radius 1 is 1.26 bits per heavy atom. The van der Waals surface area contributed by atoms with Gasteiger partial charge in [-0.25, -0.2) is 4.85 Å². The van der Waals surface area contributed by atoms with E-state index in [4.69, 9.17) is 17.0 Å². The van der Waals surface area contributed by atoms with Gasteiger partial charge in [0.1, 0.15) is 5.60 Å². The Morgan fingerprint density at radius 3 is 2.48 bits per heavy atom. The Kier molecular flexibility index (Phi) is 3.26. The van der Waals surface area contributed by atoms with Gasteiger partial charge in [0.2, 0.25) is 11.8 Å². The van der Waals surface area contributed by atoms with E-state index in [1.165, 1.54) is 6.07 Å². The van der Waals surface area contributed by atoms with Crippen molar-refractivity contribution in [1.29, 1.82) is 0 Å². The summed E-state index contributed by atoms with van der Waals surface area (Å²) in [7, 11) is 0. The molecule has 3 atom stereocenters. The highest BCUT2D eigenvalue weighted by Crippen LogP contribution is 2.63. The van der Waals surface area contributed by atoms with Crippen LogP contribution in [-0.4, -0.2) is 20.8 Å². The SMILES string of the molecule is [C-]#[N+]c1ccc(-n2c(O)c3c(c2O)C2(C)OC3(C)C[C@@H]2N)cc1C(F)(F)F. The molecule has 1 aromatic carbocycles. The van der Waals surface area contributed by atoms with Crippen LogP contribution in [0.2, 0.25) is 0 Å². The first-order valence-electron chi connectivity index (χ1n) is 8.16. The van der Waals surface area contributed by atoms with E-state index in [1.807, 2.05) is 0 Å². The lowest BCUT2D eigenvalue weighted by Crippen LogP contribution is -2.40. The van der Waals surface area contributed by atoms with Crippen molar-refractivity contribution in [2.45, 2.75) is 43.7 Å². The summed E-state index contributed by atoms with van der Waals surface area (Å²) >= 11 is 0. The Balaban J connectivity index is 1.98. The number of aromatic hydroxyl groups is 2. The van der Waals surface area contributed by atoms with Gasteiger partial charge in [0.05, 0.1) is 34.6 Å². The largest absolute Gasteiger partial charge is 0.494 e. The van der Waals surface area contributed by atoms with Gasteiger partial charge in [0.25, 0.3) is 0 Å². The Labute approximate surface area is 152 Å². The molecular weight excluding hydrogens is 363 g/mol. The molecular formula is C18H16F3N3O3. The first kappa shape index (κ1) is 17.7. The van der Waals surface area contributed by atoms with E-state index in [9.17, 15) is 23.4 Å². The van der Waals surface area contributed by atoms with Gasteiger partial charge < -0.3 is 20.7 Å². The van der Waals surface area contributed by atoms with Gasteiger partial charge in [-0.2, -0.15) is 13.2 Å². The highest BCUT2D eigenvalue weighted by Gasteiger charge is 2.63. The van der Waals surface area contributed by atoms with E-state index < -0.39 is 46.4 Å². The minimum atomic E-state index is -4.75. The van der Waals surface area contributed by atoms with Crippen LogP contribution in [0.25, 0.3) is 10.5 Å². The first-order valence-corrected chi connectivity index (χ1v) is 8.16. The molecule has 0 spiro atoms. The van der Waals surface area contributed by atoms with Gasteiger partial charge in [-0.3, -0.25) is 4.57 Å². The molecule has 2 unspecified atom stereocenters. The van der Waals surface area contributed by atoms with Crippen LogP contribution < -0.4 is 5.73 Å². The van der Waals surface area contributed by atoms with Gasteiger partial charge in [0.15, 0.2) is 5.69 Å². The Morgan fingerprint density at radius 2 is 1.89 bits per heavy atom. The standard InChI is InChI=1S/C18H16F3N3O3/c1-16-7-11(22)17(2,27-16)13-12(16)14(25)24(15(13)26)8-4-5-10(23-3)9(6-8)18(19,20)21/h4-6,11,25-26H,7,22H2,1-2H3/t11-,16?,17?/m0/s1. The summed E-state index contributed by atoms with van der Waals surface area (Å²) in [4.78, 5) is 2.89. The number of halogens is 3. The molecule has 4 N–H and O–H groups in total. The maximum absolute atomic E-state index is 13.3. The van der Waals surface area contributed by atoms with Crippen molar-refractivity contribution < 1.29 is 28.1 Å². The summed E-state index contributed by atoms with van der Waals surface area (Å²) in [5, 5.41) is 21.5. The lowest BCUT2D eigenvalue weighted by Gasteiger charge is -2.26. The number of hydrogen-bond donors (Lipinski definition) is 3. The van der Waals surface area contributed by atoms with E-state index >= 15 is 0 Å². The molecule has 1 fully saturated rings. The van der Waals surface area contributed by atoms with Crippen LogP contribution in [0.3, 0.4) is 0 Å². The average molecular weight is 379 g/mol. The number of fused-ring (bicyclic) bond motifs is 5. The summed E-state index contributed by atoms with van der Waals surface area (Å²) in [5.74, 6) is -0.822. The van der Waals surface area contributed by atoms with Crippen LogP contribution >= 0.6 is 0 Å². The van der Waals surface area contributed by atoms with Crippen molar-refractivity contribution in [1.82, 2.24) is 4.57 Å². The van der Waals surface area contributed by atoms with Crippen LogP contribution in [-0.2, 0) is 22.1 Å². The van der Waals surface area contributed by atoms with Crippen molar-refractivity contribution in [3.63, 3.8) is 0 Å². The maximum Gasteiger partial charge on any atom is 0.407 e. The first-order chi connectivity index (χ1) is 12.4. The van der Waals surface area contributed by atoms with E-state index in [0.29, 0.717) is 12.0 Å². The van der Waals surface area contributed by atoms with Crippen molar-refractivity contribution in [2.24, 2.45) is 5.73 Å². The van der Waals surface area contributed by atoms with E-state index in [0.717, 1.165) is 16.7 Å². The maximum atomic E-state index is 13.3. The zero-order chi connectivity index (χ0) is 19.9. The van der Waals surface area contributed by atoms with E-state index in [-0.39, 0.29) is 11.3 Å². The van der Waals surface area contributed by atoms with Gasteiger partial charge in [-0.15, -0.1) is 0 Å². The van der Waals surface area contributed by atoms with Crippen LogP contribution in [0, 0.1) is 6.57 Å². The van der Waals surface area contributed by atoms with Crippen molar-refractivity contribution in [2.75, 3.05) is 0 Å². The smallest absolute Gasteiger partial charge is 0.407 e. The summed E-state index contributed by atoms with van der Waals surface area (Å²) in [5.41, 5.74) is 2.92. The molecule has 0 amide bonds. The molecule has 2 aliphatic rings. The number of rotatable bonds is 1.